The fourth-order valence-corrected chi connectivity index (χ4v) is 2.47. The van der Waals surface area contributed by atoms with Crippen molar-refractivity contribution in [2.75, 3.05) is 0 Å². The van der Waals surface area contributed by atoms with E-state index in [1.54, 1.807) is 19.1 Å². The molecule has 2 atom stereocenters. The van der Waals surface area contributed by atoms with E-state index in [0.717, 1.165) is 16.9 Å². The van der Waals surface area contributed by atoms with Crippen LogP contribution >= 0.6 is 0 Å². The molecule has 0 aliphatic heterocycles. The van der Waals surface area contributed by atoms with E-state index in [1.807, 2.05) is 31.2 Å². The van der Waals surface area contributed by atoms with Gasteiger partial charge in [0.1, 0.15) is 11.6 Å². The second-order valence-electron chi connectivity index (χ2n) is 6.23. The normalized spacial score (nSPS) is 13.4. The number of carbonyl (C=O) groups excluding carboxylic acids is 1. The molecule has 0 aromatic heterocycles. The van der Waals surface area contributed by atoms with Crippen molar-refractivity contribution in [1.29, 1.82) is 0 Å². The van der Waals surface area contributed by atoms with Crippen LogP contribution in [0.1, 0.15) is 50.8 Å². The van der Waals surface area contributed by atoms with Crippen molar-refractivity contribution >= 4 is 5.91 Å². The average Bonchev–Trinajstić information content (AvgIpc) is 2.55. The van der Waals surface area contributed by atoms with Gasteiger partial charge in [0.05, 0.1) is 6.04 Å². The fourth-order valence-electron chi connectivity index (χ4n) is 2.47. The number of amides is 1. The van der Waals surface area contributed by atoms with Crippen LogP contribution in [0.15, 0.2) is 48.5 Å². The minimum Gasteiger partial charge on any atom is -0.481 e. The molecule has 0 heterocycles. The predicted octanol–water partition coefficient (Wildman–Crippen LogP) is 4.59. The van der Waals surface area contributed by atoms with E-state index in [2.05, 4.69) is 19.2 Å². The number of carbonyl (C=O) groups is 1. The Balaban J connectivity index is 2.01. The van der Waals surface area contributed by atoms with Crippen LogP contribution in [0.3, 0.4) is 0 Å². The van der Waals surface area contributed by atoms with Gasteiger partial charge in [0.25, 0.3) is 5.91 Å². The zero-order valence-corrected chi connectivity index (χ0v) is 14.5. The third kappa shape index (κ3) is 4.57. The lowest BCUT2D eigenvalue weighted by atomic mass is 10.0. The van der Waals surface area contributed by atoms with Crippen LogP contribution in [0.2, 0.25) is 0 Å². The Morgan fingerprint density at radius 3 is 2.25 bits per heavy atom. The van der Waals surface area contributed by atoms with Gasteiger partial charge in [0.15, 0.2) is 6.10 Å². The van der Waals surface area contributed by atoms with Gasteiger partial charge in [0, 0.05) is 0 Å². The van der Waals surface area contributed by atoms with E-state index in [9.17, 15) is 9.18 Å². The highest BCUT2D eigenvalue weighted by molar-refractivity contribution is 5.81. The van der Waals surface area contributed by atoms with Crippen molar-refractivity contribution < 1.29 is 13.9 Å². The lowest BCUT2D eigenvalue weighted by molar-refractivity contribution is -0.127. The molecule has 0 spiro atoms. The Morgan fingerprint density at radius 2 is 1.62 bits per heavy atom. The molecular weight excluding hydrogens is 305 g/mol. The van der Waals surface area contributed by atoms with Crippen LogP contribution in [0.5, 0.6) is 5.75 Å². The summed E-state index contributed by atoms with van der Waals surface area (Å²) in [4.78, 5) is 12.4. The van der Waals surface area contributed by atoms with Crippen LogP contribution < -0.4 is 10.1 Å². The molecule has 1 amide bonds. The molecule has 128 valence electrons. The number of benzene rings is 2. The molecule has 3 nitrogen and oxygen atoms in total. The molecular formula is C20H24FNO2. The standard InChI is InChI=1S/C20H24FNO2/c1-13(2)18-7-5-6-8-19(18)24-15(4)20(23)22-14(3)16-9-11-17(21)12-10-16/h5-15H,1-4H3,(H,22,23)/t14-,15-/m0/s1. The van der Waals surface area contributed by atoms with Crippen molar-refractivity contribution in [3.63, 3.8) is 0 Å². The number of hydrogen-bond acceptors (Lipinski definition) is 2. The van der Waals surface area contributed by atoms with Crippen LogP contribution in [-0.4, -0.2) is 12.0 Å². The minimum atomic E-state index is -0.618. The smallest absolute Gasteiger partial charge is 0.261 e. The molecule has 2 aromatic carbocycles. The van der Waals surface area contributed by atoms with Gasteiger partial charge in [-0.1, -0.05) is 44.2 Å². The molecule has 24 heavy (non-hydrogen) atoms. The molecule has 0 radical (unpaired) electrons. The third-order valence-corrected chi connectivity index (χ3v) is 3.94. The van der Waals surface area contributed by atoms with Crippen molar-refractivity contribution in [3.05, 3.63) is 65.5 Å². The van der Waals surface area contributed by atoms with Crippen LogP contribution in [0.25, 0.3) is 0 Å². The zero-order chi connectivity index (χ0) is 17.7. The van der Waals surface area contributed by atoms with Crippen LogP contribution in [0, 0.1) is 5.82 Å². The summed E-state index contributed by atoms with van der Waals surface area (Å²) < 4.78 is 18.8. The highest BCUT2D eigenvalue weighted by atomic mass is 19.1. The first-order chi connectivity index (χ1) is 11.4. The molecule has 1 N–H and O–H groups in total. The monoisotopic (exact) mass is 329 g/mol. The maximum absolute atomic E-state index is 13.0. The number of hydrogen-bond donors (Lipinski definition) is 1. The summed E-state index contributed by atoms with van der Waals surface area (Å²) >= 11 is 0. The summed E-state index contributed by atoms with van der Waals surface area (Å²) in [5.74, 6) is 0.545. The molecule has 0 aliphatic rings. The van der Waals surface area contributed by atoms with Gasteiger partial charge in [0.2, 0.25) is 0 Å². The second kappa shape index (κ2) is 7.95. The van der Waals surface area contributed by atoms with Crippen molar-refractivity contribution in [1.82, 2.24) is 5.32 Å². The summed E-state index contributed by atoms with van der Waals surface area (Å²) in [6.45, 7) is 7.76. The Morgan fingerprint density at radius 1 is 1.00 bits per heavy atom. The molecule has 0 aliphatic carbocycles. The van der Waals surface area contributed by atoms with Crippen LogP contribution in [0.4, 0.5) is 4.39 Å². The molecule has 2 rings (SSSR count). The Kier molecular flexibility index (Phi) is 5.96. The highest BCUT2D eigenvalue weighted by Crippen LogP contribution is 2.26. The fraction of sp³-hybridized carbons (Fsp3) is 0.350. The Labute approximate surface area is 142 Å². The van der Waals surface area contributed by atoms with Gasteiger partial charge < -0.3 is 10.1 Å². The number of ether oxygens (including phenoxy) is 1. The SMILES string of the molecule is CC(C)c1ccccc1O[C@@H](C)C(=O)N[C@@H](C)c1ccc(F)cc1. The van der Waals surface area contributed by atoms with E-state index in [1.165, 1.54) is 12.1 Å². The summed E-state index contributed by atoms with van der Waals surface area (Å²) in [5.41, 5.74) is 1.92. The first-order valence-electron chi connectivity index (χ1n) is 8.20. The van der Waals surface area contributed by atoms with Gasteiger partial charge in [-0.15, -0.1) is 0 Å². The van der Waals surface area contributed by atoms with E-state index in [-0.39, 0.29) is 17.8 Å². The topological polar surface area (TPSA) is 38.3 Å². The zero-order valence-electron chi connectivity index (χ0n) is 14.5. The predicted molar refractivity (Wildman–Crippen MR) is 93.6 cm³/mol. The molecule has 0 bridgehead atoms. The van der Waals surface area contributed by atoms with Gasteiger partial charge in [-0.25, -0.2) is 4.39 Å². The third-order valence-electron chi connectivity index (χ3n) is 3.94. The Hall–Kier alpha value is -2.36. The molecule has 0 saturated heterocycles. The molecule has 0 unspecified atom stereocenters. The maximum atomic E-state index is 13.0. The lowest BCUT2D eigenvalue weighted by Crippen LogP contribution is -2.37. The van der Waals surface area contributed by atoms with Crippen molar-refractivity contribution in [2.45, 2.75) is 45.8 Å². The van der Waals surface area contributed by atoms with E-state index >= 15 is 0 Å². The van der Waals surface area contributed by atoms with Crippen molar-refractivity contribution in [3.8, 4) is 5.75 Å². The van der Waals surface area contributed by atoms with Gasteiger partial charge in [-0.05, 0) is 49.1 Å². The van der Waals surface area contributed by atoms with Crippen molar-refractivity contribution in [2.24, 2.45) is 0 Å². The number of halogens is 1. The van der Waals surface area contributed by atoms with Crippen LogP contribution in [-0.2, 0) is 4.79 Å². The quantitative estimate of drug-likeness (QED) is 0.841. The van der Waals surface area contributed by atoms with Gasteiger partial charge >= 0.3 is 0 Å². The summed E-state index contributed by atoms with van der Waals surface area (Å²) in [5, 5.41) is 2.90. The van der Waals surface area contributed by atoms with E-state index in [4.69, 9.17) is 4.74 Å². The summed E-state index contributed by atoms with van der Waals surface area (Å²) in [6.07, 6.45) is -0.618. The second-order valence-corrected chi connectivity index (χ2v) is 6.23. The first-order valence-corrected chi connectivity index (χ1v) is 8.20. The van der Waals surface area contributed by atoms with E-state index < -0.39 is 6.10 Å². The molecule has 2 aromatic rings. The number of para-hydroxylation sites is 1. The maximum Gasteiger partial charge on any atom is 0.261 e. The summed E-state index contributed by atoms with van der Waals surface area (Å²) in [7, 11) is 0. The largest absolute Gasteiger partial charge is 0.481 e. The summed E-state index contributed by atoms with van der Waals surface area (Å²) in [6, 6.07) is 13.6. The first kappa shape index (κ1) is 18.0. The molecule has 0 saturated carbocycles. The Bertz CT molecular complexity index is 682. The highest BCUT2D eigenvalue weighted by Gasteiger charge is 2.19. The molecule has 4 heteroatoms. The lowest BCUT2D eigenvalue weighted by Gasteiger charge is -2.21. The van der Waals surface area contributed by atoms with Gasteiger partial charge in [-0.2, -0.15) is 0 Å². The average molecular weight is 329 g/mol. The number of rotatable bonds is 6. The van der Waals surface area contributed by atoms with Gasteiger partial charge in [-0.3, -0.25) is 4.79 Å². The number of nitrogens with one attached hydrogen (secondary N) is 1. The minimum absolute atomic E-state index is 0.203. The van der Waals surface area contributed by atoms with E-state index in [0.29, 0.717) is 5.92 Å². The molecule has 0 fully saturated rings.